The number of nitrogens with zero attached hydrogens (tertiary/aromatic N) is 3. The molecule has 4 heteroatoms. The molecule has 82 valence electrons. The first-order valence-electron chi connectivity index (χ1n) is 5.20. The van der Waals surface area contributed by atoms with Crippen molar-refractivity contribution in [1.29, 1.82) is 5.26 Å². The van der Waals surface area contributed by atoms with Crippen LogP contribution in [0, 0.1) is 11.3 Å². The van der Waals surface area contributed by atoms with Crippen LogP contribution < -0.4 is 0 Å². The molecule has 3 rings (SSSR count). The standard InChI is InChI=1S/C13H9N3O/c1-16-10-5-2-4-9(8-14)12(10)15-13(16)11-6-3-7-17-11/h2-7H,1H3. The normalized spacial score (nSPS) is 10.6. The van der Waals surface area contributed by atoms with E-state index in [1.54, 1.807) is 12.3 Å². The lowest BCUT2D eigenvalue weighted by Crippen LogP contribution is -1.90. The summed E-state index contributed by atoms with van der Waals surface area (Å²) in [6, 6.07) is 11.4. The fraction of sp³-hybridized carbons (Fsp3) is 0.0769. The summed E-state index contributed by atoms with van der Waals surface area (Å²) >= 11 is 0. The Bertz CT molecular complexity index is 717. The molecule has 2 aromatic heterocycles. The molecule has 0 aliphatic carbocycles. The van der Waals surface area contributed by atoms with Crippen molar-refractivity contribution in [3.63, 3.8) is 0 Å². The van der Waals surface area contributed by atoms with Gasteiger partial charge in [0.15, 0.2) is 11.6 Å². The first kappa shape index (κ1) is 9.67. The molecule has 0 atom stereocenters. The molecule has 0 aliphatic rings. The molecule has 4 nitrogen and oxygen atoms in total. The van der Waals surface area contributed by atoms with Gasteiger partial charge in [-0.3, -0.25) is 0 Å². The Hall–Kier alpha value is -2.54. The van der Waals surface area contributed by atoms with Crippen molar-refractivity contribution in [2.45, 2.75) is 0 Å². The van der Waals surface area contributed by atoms with Gasteiger partial charge in [0.2, 0.25) is 0 Å². The van der Waals surface area contributed by atoms with Crippen LogP contribution in [0.2, 0.25) is 0 Å². The summed E-state index contributed by atoms with van der Waals surface area (Å²) in [6.45, 7) is 0. The number of para-hydroxylation sites is 1. The van der Waals surface area contributed by atoms with Crippen molar-refractivity contribution in [1.82, 2.24) is 9.55 Å². The van der Waals surface area contributed by atoms with Gasteiger partial charge in [0.1, 0.15) is 11.6 Å². The third-order valence-corrected chi connectivity index (χ3v) is 2.77. The molecule has 0 amide bonds. The van der Waals surface area contributed by atoms with Crippen LogP contribution in [-0.4, -0.2) is 9.55 Å². The van der Waals surface area contributed by atoms with Gasteiger partial charge in [-0.2, -0.15) is 5.26 Å². The van der Waals surface area contributed by atoms with Crippen LogP contribution in [0.4, 0.5) is 0 Å². The average molecular weight is 223 g/mol. The van der Waals surface area contributed by atoms with E-state index in [1.807, 2.05) is 35.9 Å². The van der Waals surface area contributed by atoms with E-state index in [0.29, 0.717) is 16.8 Å². The lowest BCUT2D eigenvalue weighted by atomic mass is 10.2. The van der Waals surface area contributed by atoms with E-state index < -0.39 is 0 Å². The molecule has 0 saturated heterocycles. The van der Waals surface area contributed by atoms with E-state index in [0.717, 1.165) is 11.3 Å². The van der Waals surface area contributed by atoms with E-state index in [4.69, 9.17) is 9.68 Å². The van der Waals surface area contributed by atoms with E-state index in [-0.39, 0.29) is 0 Å². The minimum Gasteiger partial charge on any atom is -0.461 e. The van der Waals surface area contributed by atoms with Gasteiger partial charge in [0, 0.05) is 7.05 Å². The molecule has 0 saturated carbocycles. The minimum absolute atomic E-state index is 0.580. The van der Waals surface area contributed by atoms with Crippen LogP contribution in [0.25, 0.3) is 22.6 Å². The minimum atomic E-state index is 0.580. The summed E-state index contributed by atoms with van der Waals surface area (Å²) in [7, 11) is 1.91. The number of hydrogen-bond acceptors (Lipinski definition) is 3. The number of fused-ring (bicyclic) bond motifs is 1. The van der Waals surface area contributed by atoms with Crippen LogP contribution in [0.15, 0.2) is 41.0 Å². The fourth-order valence-corrected chi connectivity index (χ4v) is 1.93. The lowest BCUT2D eigenvalue weighted by molar-refractivity contribution is 0.574. The molecule has 2 heterocycles. The predicted molar refractivity (Wildman–Crippen MR) is 63.1 cm³/mol. The first-order valence-corrected chi connectivity index (χ1v) is 5.20. The summed E-state index contributed by atoms with van der Waals surface area (Å²) < 4.78 is 7.26. The Morgan fingerprint density at radius 2 is 2.18 bits per heavy atom. The van der Waals surface area contributed by atoms with Crippen molar-refractivity contribution >= 4 is 11.0 Å². The Balaban J connectivity index is 2.37. The maximum atomic E-state index is 9.04. The zero-order valence-corrected chi connectivity index (χ0v) is 9.21. The van der Waals surface area contributed by atoms with Crippen LogP contribution in [-0.2, 0) is 7.05 Å². The molecule has 0 aliphatic heterocycles. The first-order chi connectivity index (χ1) is 8.31. The molecule has 3 aromatic rings. The molecule has 1 aromatic carbocycles. The summed E-state index contributed by atoms with van der Waals surface area (Å²) in [5, 5.41) is 9.04. The highest BCUT2D eigenvalue weighted by molar-refractivity contribution is 5.84. The number of furan rings is 1. The molecule has 0 bridgehead atoms. The van der Waals surface area contributed by atoms with Crippen LogP contribution >= 0.6 is 0 Å². The summed E-state index contributed by atoms with van der Waals surface area (Å²) in [4.78, 5) is 4.47. The number of aromatic nitrogens is 2. The van der Waals surface area contributed by atoms with Gasteiger partial charge in [-0.15, -0.1) is 0 Å². The molecule has 0 N–H and O–H groups in total. The SMILES string of the molecule is Cn1c(-c2ccco2)nc2c(C#N)cccc21. The molecule has 17 heavy (non-hydrogen) atoms. The molecule has 0 fully saturated rings. The van der Waals surface area contributed by atoms with Crippen molar-refractivity contribution in [3.8, 4) is 17.7 Å². The molecule has 0 spiro atoms. The van der Waals surface area contributed by atoms with E-state index in [1.165, 1.54) is 0 Å². The highest BCUT2D eigenvalue weighted by Crippen LogP contribution is 2.25. The zero-order chi connectivity index (χ0) is 11.8. The van der Waals surface area contributed by atoms with Gasteiger partial charge < -0.3 is 8.98 Å². The van der Waals surface area contributed by atoms with Crippen LogP contribution in [0.1, 0.15) is 5.56 Å². The maximum Gasteiger partial charge on any atom is 0.177 e. The second-order valence-electron chi connectivity index (χ2n) is 3.76. The summed E-state index contributed by atoms with van der Waals surface area (Å²) in [5.41, 5.74) is 2.22. The topological polar surface area (TPSA) is 54.8 Å². The highest BCUT2D eigenvalue weighted by Gasteiger charge is 2.13. The third-order valence-electron chi connectivity index (χ3n) is 2.77. The number of benzene rings is 1. The van der Waals surface area contributed by atoms with Crippen LogP contribution in [0.5, 0.6) is 0 Å². The second-order valence-corrected chi connectivity index (χ2v) is 3.76. The number of imidazole rings is 1. The van der Waals surface area contributed by atoms with Gasteiger partial charge in [0.05, 0.1) is 17.3 Å². The summed E-state index contributed by atoms with van der Waals surface area (Å²) in [6.07, 6.45) is 1.61. The Kier molecular flexibility index (Phi) is 1.99. The Morgan fingerprint density at radius 1 is 1.29 bits per heavy atom. The van der Waals surface area contributed by atoms with Gasteiger partial charge in [-0.05, 0) is 24.3 Å². The molecule has 0 unspecified atom stereocenters. The molecule has 0 radical (unpaired) electrons. The number of hydrogen-bond donors (Lipinski definition) is 0. The van der Waals surface area contributed by atoms with E-state index in [9.17, 15) is 0 Å². The van der Waals surface area contributed by atoms with Gasteiger partial charge in [-0.25, -0.2) is 4.98 Å². The average Bonchev–Trinajstić information content (AvgIpc) is 2.97. The van der Waals surface area contributed by atoms with E-state index in [2.05, 4.69) is 11.1 Å². The van der Waals surface area contributed by atoms with Crippen molar-refractivity contribution in [2.24, 2.45) is 7.05 Å². The number of nitriles is 1. The van der Waals surface area contributed by atoms with Crippen molar-refractivity contribution in [3.05, 3.63) is 42.2 Å². The number of rotatable bonds is 1. The van der Waals surface area contributed by atoms with Gasteiger partial charge >= 0.3 is 0 Å². The van der Waals surface area contributed by atoms with Crippen molar-refractivity contribution < 1.29 is 4.42 Å². The maximum absolute atomic E-state index is 9.04. The third kappa shape index (κ3) is 1.33. The van der Waals surface area contributed by atoms with Gasteiger partial charge in [0.25, 0.3) is 0 Å². The predicted octanol–water partition coefficient (Wildman–Crippen LogP) is 2.70. The Labute approximate surface area is 97.7 Å². The molecular weight excluding hydrogens is 214 g/mol. The fourth-order valence-electron chi connectivity index (χ4n) is 1.93. The molecular formula is C13H9N3O. The van der Waals surface area contributed by atoms with Gasteiger partial charge in [-0.1, -0.05) is 6.07 Å². The smallest absolute Gasteiger partial charge is 0.177 e. The lowest BCUT2D eigenvalue weighted by Gasteiger charge is -1.97. The Morgan fingerprint density at radius 3 is 2.88 bits per heavy atom. The zero-order valence-electron chi connectivity index (χ0n) is 9.21. The highest BCUT2D eigenvalue weighted by atomic mass is 16.3. The summed E-state index contributed by atoms with van der Waals surface area (Å²) in [5.74, 6) is 1.43. The van der Waals surface area contributed by atoms with Crippen molar-refractivity contribution in [2.75, 3.05) is 0 Å². The number of aryl methyl sites for hydroxylation is 1. The largest absolute Gasteiger partial charge is 0.461 e. The quantitative estimate of drug-likeness (QED) is 0.637. The second kappa shape index (κ2) is 3.49. The van der Waals surface area contributed by atoms with Crippen LogP contribution in [0.3, 0.4) is 0 Å². The monoisotopic (exact) mass is 223 g/mol. The van der Waals surface area contributed by atoms with E-state index >= 15 is 0 Å².